The van der Waals surface area contributed by atoms with E-state index in [4.69, 9.17) is 0 Å². The predicted octanol–water partition coefficient (Wildman–Crippen LogP) is 3.07. The number of rotatable bonds is 3. The van der Waals surface area contributed by atoms with Crippen LogP contribution in [0, 0.1) is 6.92 Å². The third kappa shape index (κ3) is 3.24. The van der Waals surface area contributed by atoms with E-state index in [2.05, 4.69) is 31.3 Å². The van der Waals surface area contributed by atoms with Crippen molar-refractivity contribution < 1.29 is 4.79 Å². The van der Waals surface area contributed by atoms with Crippen LogP contribution >= 0.6 is 0 Å². The van der Waals surface area contributed by atoms with Crippen molar-refractivity contribution in [3.8, 4) is 0 Å². The number of aryl methyl sites for hydroxylation is 1. The van der Waals surface area contributed by atoms with E-state index in [1.54, 1.807) is 10.7 Å². The Kier molecular flexibility index (Phi) is 4.51. The van der Waals surface area contributed by atoms with Crippen molar-refractivity contribution in [3.63, 3.8) is 0 Å². The molecular formula is C19H22N6O. The minimum atomic E-state index is -0.322. The molecule has 26 heavy (non-hydrogen) atoms. The van der Waals surface area contributed by atoms with Crippen LogP contribution in [0.1, 0.15) is 42.0 Å². The van der Waals surface area contributed by atoms with E-state index in [0.717, 1.165) is 30.2 Å². The molecule has 0 saturated carbocycles. The fraction of sp³-hybridized carbons (Fsp3) is 0.368. The first-order valence-corrected chi connectivity index (χ1v) is 9.06. The standard InChI is InChI=1S/C19H22N6O/c1-14-10-11-20-19-22-17(23-25(14)19)18(26)21-15-8-4-5-9-16(15)24-12-6-2-3-7-13-24/h4-5,8-11H,2-3,6-7,12-13H2,1H3,(H,21,26). The summed E-state index contributed by atoms with van der Waals surface area (Å²) in [5.41, 5.74) is 2.73. The molecule has 0 radical (unpaired) electrons. The van der Waals surface area contributed by atoms with Crippen LogP contribution in [-0.2, 0) is 0 Å². The Balaban J connectivity index is 1.60. The minimum absolute atomic E-state index is 0.123. The lowest BCUT2D eigenvalue weighted by molar-refractivity contribution is 0.101. The van der Waals surface area contributed by atoms with Gasteiger partial charge in [-0.1, -0.05) is 25.0 Å². The Labute approximate surface area is 152 Å². The van der Waals surface area contributed by atoms with Crippen molar-refractivity contribution in [1.29, 1.82) is 0 Å². The molecule has 0 atom stereocenters. The molecule has 0 bridgehead atoms. The fourth-order valence-corrected chi connectivity index (χ4v) is 3.35. The number of hydrogen-bond acceptors (Lipinski definition) is 5. The normalized spacial score (nSPS) is 15.0. The number of nitrogens with zero attached hydrogens (tertiary/aromatic N) is 5. The third-order valence-corrected chi connectivity index (χ3v) is 4.73. The number of anilines is 2. The topological polar surface area (TPSA) is 75.4 Å². The lowest BCUT2D eigenvalue weighted by Gasteiger charge is -2.25. The number of amides is 1. The monoisotopic (exact) mass is 350 g/mol. The van der Waals surface area contributed by atoms with E-state index in [1.807, 2.05) is 31.2 Å². The summed E-state index contributed by atoms with van der Waals surface area (Å²) < 4.78 is 1.58. The van der Waals surface area contributed by atoms with Crippen molar-refractivity contribution in [2.45, 2.75) is 32.6 Å². The SMILES string of the molecule is Cc1ccnc2nc(C(=O)Nc3ccccc3N3CCCCCC3)nn12. The van der Waals surface area contributed by atoms with Gasteiger partial charge in [0.25, 0.3) is 11.7 Å². The molecule has 7 nitrogen and oxygen atoms in total. The predicted molar refractivity (Wildman–Crippen MR) is 101 cm³/mol. The summed E-state index contributed by atoms with van der Waals surface area (Å²) >= 11 is 0. The number of benzene rings is 1. The Hall–Kier alpha value is -2.96. The van der Waals surface area contributed by atoms with Crippen molar-refractivity contribution in [2.75, 3.05) is 23.3 Å². The van der Waals surface area contributed by atoms with Gasteiger partial charge in [-0.3, -0.25) is 4.79 Å². The number of hydrogen-bond donors (Lipinski definition) is 1. The van der Waals surface area contributed by atoms with Gasteiger partial charge in [-0.2, -0.15) is 4.98 Å². The summed E-state index contributed by atoms with van der Waals surface area (Å²) in [6.45, 7) is 3.94. The molecule has 3 heterocycles. The Bertz CT molecular complexity index is 927. The number of aromatic nitrogens is 4. The highest BCUT2D eigenvalue weighted by molar-refractivity contribution is 6.03. The molecule has 1 aromatic carbocycles. The minimum Gasteiger partial charge on any atom is -0.370 e. The molecule has 134 valence electrons. The van der Waals surface area contributed by atoms with E-state index in [-0.39, 0.29) is 11.7 Å². The summed E-state index contributed by atoms with van der Waals surface area (Å²) in [5.74, 6) is 0.227. The van der Waals surface area contributed by atoms with Gasteiger partial charge in [0.15, 0.2) is 0 Å². The summed E-state index contributed by atoms with van der Waals surface area (Å²) in [6, 6.07) is 9.76. The van der Waals surface area contributed by atoms with Crippen LogP contribution < -0.4 is 10.2 Å². The van der Waals surface area contributed by atoms with Gasteiger partial charge < -0.3 is 10.2 Å². The molecule has 3 aromatic rings. The molecular weight excluding hydrogens is 328 g/mol. The molecule has 2 aromatic heterocycles. The third-order valence-electron chi connectivity index (χ3n) is 4.73. The average molecular weight is 350 g/mol. The van der Waals surface area contributed by atoms with Gasteiger partial charge >= 0.3 is 0 Å². The summed E-state index contributed by atoms with van der Waals surface area (Å²) in [4.78, 5) is 23.5. The smallest absolute Gasteiger partial charge is 0.295 e. The van der Waals surface area contributed by atoms with Crippen LogP contribution in [0.25, 0.3) is 5.78 Å². The molecule has 0 spiro atoms. The number of carbonyl (C=O) groups excluding carboxylic acids is 1. The molecule has 7 heteroatoms. The second kappa shape index (κ2) is 7.11. The molecule has 1 aliphatic rings. The average Bonchev–Trinajstić information content (AvgIpc) is 2.92. The zero-order valence-electron chi connectivity index (χ0n) is 14.9. The van der Waals surface area contributed by atoms with Gasteiger partial charge in [0.1, 0.15) is 0 Å². The maximum absolute atomic E-state index is 12.7. The first-order chi connectivity index (χ1) is 12.7. The van der Waals surface area contributed by atoms with Crippen LogP contribution in [0.2, 0.25) is 0 Å². The van der Waals surface area contributed by atoms with Crippen LogP contribution in [0.4, 0.5) is 11.4 Å². The quantitative estimate of drug-likeness (QED) is 0.786. The lowest BCUT2D eigenvalue weighted by Crippen LogP contribution is -2.26. The number of carbonyl (C=O) groups is 1. The van der Waals surface area contributed by atoms with Gasteiger partial charge in [-0.05, 0) is 38.0 Å². The number of nitrogens with one attached hydrogen (secondary N) is 1. The van der Waals surface area contributed by atoms with Crippen LogP contribution in [0.5, 0.6) is 0 Å². The highest BCUT2D eigenvalue weighted by atomic mass is 16.2. The molecule has 1 N–H and O–H groups in total. The molecule has 1 aliphatic heterocycles. The zero-order chi connectivity index (χ0) is 17.9. The largest absolute Gasteiger partial charge is 0.370 e. The Morgan fingerprint density at radius 3 is 2.62 bits per heavy atom. The van der Waals surface area contributed by atoms with E-state index < -0.39 is 0 Å². The van der Waals surface area contributed by atoms with E-state index in [9.17, 15) is 4.79 Å². The fourth-order valence-electron chi connectivity index (χ4n) is 3.35. The highest BCUT2D eigenvalue weighted by Gasteiger charge is 2.18. The first kappa shape index (κ1) is 16.5. The summed E-state index contributed by atoms with van der Waals surface area (Å²) in [6.07, 6.45) is 6.56. The summed E-state index contributed by atoms with van der Waals surface area (Å²) in [7, 11) is 0. The maximum Gasteiger partial charge on any atom is 0.295 e. The van der Waals surface area contributed by atoms with Crippen LogP contribution in [0.3, 0.4) is 0 Å². The highest BCUT2D eigenvalue weighted by Crippen LogP contribution is 2.28. The Morgan fingerprint density at radius 1 is 1.08 bits per heavy atom. The van der Waals surface area contributed by atoms with Gasteiger partial charge in [-0.25, -0.2) is 9.50 Å². The van der Waals surface area contributed by atoms with Gasteiger partial charge in [0, 0.05) is 25.0 Å². The molecule has 0 aliphatic carbocycles. The van der Waals surface area contributed by atoms with E-state index >= 15 is 0 Å². The molecule has 1 fully saturated rings. The summed E-state index contributed by atoms with van der Waals surface area (Å²) in [5, 5.41) is 7.26. The van der Waals surface area contributed by atoms with Crippen molar-refractivity contribution in [1.82, 2.24) is 19.6 Å². The number of para-hydroxylation sites is 2. The van der Waals surface area contributed by atoms with Crippen LogP contribution in [-0.4, -0.2) is 38.6 Å². The van der Waals surface area contributed by atoms with Crippen molar-refractivity contribution in [2.24, 2.45) is 0 Å². The second-order valence-electron chi connectivity index (χ2n) is 6.61. The molecule has 1 saturated heterocycles. The van der Waals surface area contributed by atoms with E-state index in [1.165, 1.54) is 25.7 Å². The van der Waals surface area contributed by atoms with Crippen molar-refractivity contribution in [3.05, 3.63) is 48.0 Å². The second-order valence-corrected chi connectivity index (χ2v) is 6.61. The Morgan fingerprint density at radius 2 is 1.85 bits per heavy atom. The first-order valence-electron chi connectivity index (χ1n) is 9.06. The van der Waals surface area contributed by atoms with Gasteiger partial charge in [-0.15, -0.1) is 5.10 Å². The van der Waals surface area contributed by atoms with Gasteiger partial charge in [0.05, 0.1) is 11.4 Å². The molecule has 1 amide bonds. The number of fused-ring (bicyclic) bond motifs is 1. The van der Waals surface area contributed by atoms with Gasteiger partial charge in [0.2, 0.25) is 5.82 Å². The van der Waals surface area contributed by atoms with E-state index in [0.29, 0.717) is 5.78 Å². The molecule has 0 unspecified atom stereocenters. The zero-order valence-corrected chi connectivity index (χ0v) is 14.9. The van der Waals surface area contributed by atoms with Crippen molar-refractivity contribution >= 4 is 23.1 Å². The molecule has 4 rings (SSSR count). The van der Waals surface area contributed by atoms with Crippen LogP contribution in [0.15, 0.2) is 36.5 Å². The lowest BCUT2D eigenvalue weighted by atomic mass is 10.2. The maximum atomic E-state index is 12.7.